The highest BCUT2D eigenvalue weighted by Crippen LogP contribution is 2.19. The fourth-order valence-electron chi connectivity index (χ4n) is 1.74. The molecule has 0 spiro atoms. The van der Waals surface area contributed by atoms with Crippen molar-refractivity contribution in [1.29, 1.82) is 0 Å². The van der Waals surface area contributed by atoms with Crippen LogP contribution in [0.15, 0.2) is 41.6 Å². The van der Waals surface area contributed by atoms with Crippen LogP contribution in [0.4, 0.5) is 5.69 Å². The fraction of sp³-hybridized carbons (Fsp3) is 0.250. The van der Waals surface area contributed by atoms with Gasteiger partial charge in [-0.15, -0.1) is 0 Å². The smallest absolute Gasteiger partial charge is 0.238 e. The summed E-state index contributed by atoms with van der Waals surface area (Å²) in [7, 11) is -1.78. The van der Waals surface area contributed by atoms with Gasteiger partial charge >= 0.3 is 0 Å². The monoisotopic (exact) mass is 280 g/mol. The Bertz CT molecular complexity index is 661. The van der Waals surface area contributed by atoms with Crippen molar-refractivity contribution >= 4 is 15.7 Å². The summed E-state index contributed by atoms with van der Waals surface area (Å²) in [5.41, 5.74) is 1.88. The van der Waals surface area contributed by atoms with Crippen LogP contribution in [0.2, 0.25) is 0 Å². The van der Waals surface area contributed by atoms with Gasteiger partial charge in [0.2, 0.25) is 10.0 Å². The molecule has 0 saturated carbocycles. The molecule has 0 aliphatic rings. The van der Waals surface area contributed by atoms with E-state index in [0.29, 0.717) is 0 Å². The summed E-state index contributed by atoms with van der Waals surface area (Å²) in [5.74, 6) is 0. The second-order valence-corrected chi connectivity index (χ2v) is 5.94. The lowest BCUT2D eigenvalue weighted by Gasteiger charge is -2.13. The third-order valence-electron chi connectivity index (χ3n) is 2.79. The molecule has 0 bridgehead atoms. The standard InChI is InChI=1S/C12H16N4O2S/c1-9(10-7-14-16(2)8-10)15-11-3-5-12(6-4-11)19(13,17)18/h3-9,15H,1-2H3,(H2,13,17,18). The van der Waals surface area contributed by atoms with E-state index in [1.165, 1.54) is 12.1 Å². The molecule has 1 aromatic heterocycles. The highest BCUT2D eigenvalue weighted by Gasteiger charge is 2.09. The van der Waals surface area contributed by atoms with E-state index in [1.54, 1.807) is 23.0 Å². The quantitative estimate of drug-likeness (QED) is 0.881. The summed E-state index contributed by atoms with van der Waals surface area (Å²) >= 11 is 0. The Kier molecular flexibility index (Phi) is 3.59. The first-order valence-electron chi connectivity index (χ1n) is 5.74. The molecule has 0 fully saturated rings. The number of aryl methyl sites for hydroxylation is 1. The minimum Gasteiger partial charge on any atom is -0.378 e. The number of sulfonamides is 1. The van der Waals surface area contributed by atoms with E-state index in [4.69, 9.17) is 5.14 Å². The summed E-state index contributed by atoms with van der Waals surface area (Å²) in [6.45, 7) is 2.00. The van der Waals surface area contributed by atoms with Gasteiger partial charge in [-0.05, 0) is 31.2 Å². The molecule has 2 aromatic rings. The predicted octanol–water partition coefficient (Wildman–Crippen LogP) is 1.24. The number of benzene rings is 1. The summed E-state index contributed by atoms with van der Waals surface area (Å²) in [5, 5.41) is 12.4. The average Bonchev–Trinajstić information content (AvgIpc) is 2.75. The van der Waals surface area contributed by atoms with Gasteiger partial charge < -0.3 is 5.32 Å². The maximum absolute atomic E-state index is 11.1. The lowest BCUT2D eigenvalue weighted by molar-refractivity contribution is 0.598. The lowest BCUT2D eigenvalue weighted by atomic mass is 10.2. The molecule has 1 aromatic carbocycles. The minimum absolute atomic E-state index is 0.0778. The Morgan fingerprint density at radius 1 is 1.32 bits per heavy atom. The van der Waals surface area contributed by atoms with Crippen molar-refractivity contribution in [2.75, 3.05) is 5.32 Å². The Labute approximate surface area is 112 Å². The van der Waals surface area contributed by atoms with E-state index in [0.717, 1.165) is 11.3 Å². The van der Waals surface area contributed by atoms with Gasteiger partial charge in [0.1, 0.15) is 0 Å². The summed E-state index contributed by atoms with van der Waals surface area (Å²) in [4.78, 5) is 0.104. The molecule has 1 heterocycles. The highest BCUT2D eigenvalue weighted by atomic mass is 32.2. The van der Waals surface area contributed by atoms with Gasteiger partial charge in [0.25, 0.3) is 0 Å². The van der Waals surface area contributed by atoms with Gasteiger partial charge in [-0.1, -0.05) is 0 Å². The molecule has 0 amide bonds. The largest absolute Gasteiger partial charge is 0.378 e. The molecule has 102 valence electrons. The number of nitrogens with two attached hydrogens (primary N) is 1. The van der Waals surface area contributed by atoms with Crippen LogP contribution in [0.3, 0.4) is 0 Å². The topological polar surface area (TPSA) is 90.0 Å². The van der Waals surface area contributed by atoms with Crippen molar-refractivity contribution in [3.05, 3.63) is 42.2 Å². The zero-order chi connectivity index (χ0) is 14.0. The normalized spacial score (nSPS) is 13.2. The zero-order valence-electron chi connectivity index (χ0n) is 10.7. The first kappa shape index (κ1) is 13.6. The van der Waals surface area contributed by atoms with Crippen molar-refractivity contribution in [2.24, 2.45) is 12.2 Å². The van der Waals surface area contributed by atoms with Gasteiger partial charge in [0.05, 0.1) is 17.1 Å². The number of primary sulfonamides is 1. The average molecular weight is 280 g/mol. The van der Waals surface area contributed by atoms with Gasteiger partial charge in [-0.2, -0.15) is 5.10 Å². The maximum Gasteiger partial charge on any atom is 0.238 e. The van der Waals surface area contributed by atoms with Crippen LogP contribution in [-0.4, -0.2) is 18.2 Å². The van der Waals surface area contributed by atoms with Crippen LogP contribution in [-0.2, 0) is 17.1 Å². The number of rotatable bonds is 4. The minimum atomic E-state index is -3.64. The van der Waals surface area contributed by atoms with Gasteiger partial charge in [0.15, 0.2) is 0 Å². The third-order valence-corrected chi connectivity index (χ3v) is 3.72. The fourth-order valence-corrected chi connectivity index (χ4v) is 2.25. The van der Waals surface area contributed by atoms with Crippen LogP contribution >= 0.6 is 0 Å². The van der Waals surface area contributed by atoms with Gasteiger partial charge in [-0.3, -0.25) is 4.68 Å². The van der Waals surface area contributed by atoms with Crippen molar-refractivity contribution in [1.82, 2.24) is 9.78 Å². The SMILES string of the molecule is CC(Nc1ccc(S(N)(=O)=O)cc1)c1cnn(C)c1. The molecule has 1 unspecified atom stereocenters. The van der Waals surface area contributed by atoms with Crippen LogP contribution < -0.4 is 10.5 Å². The number of hydrogen-bond acceptors (Lipinski definition) is 4. The molecule has 6 nitrogen and oxygen atoms in total. The number of nitrogens with one attached hydrogen (secondary N) is 1. The van der Waals surface area contributed by atoms with Crippen LogP contribution in [0.25, 0.3) is 0 Å². The molecule has 7 heteroatoms. The summed E-state index contributed by atoms with van der Waals surface area (Å²) < 4.78 is 24.0. The molecule has 0 aliphatic heterocycles. The molecule has 1 atom stereocenters. The Hall–Kier alpha value is -1.86. The molecule has 3 N–H and O–H groups in total. The first-order chi connectivity index (χ1) is 8.86. The van der Waals surface area contributed by atoms with Crippen molar-refractivity contribution in [2.45, 2.75) is 17.9 Å². The van der Waals surface area contributed by atoms with Gasteiger partial charge in [0, 0.05) is 24.5 Å². The van der Waals surface area contributed by atoms with Gasteiger partial charge in [-0.25, -0.2) is 13.6 Å². The summed E-state index contributed by atoms with van der Waals surface area (Å²) in [6, 6.07) is 6.41. The van der Waals surface area contributed by atoms with E-state index in [1.807, 2.05) is 20.2 Å². The van der Waals surface area contributed by atoms with E-state index in [2.05, 4.69) is 10.4 Å². The molecule has 2 rings (SSSR count). The molecule has 0 radical (unpaired) electrons. The Morgan fingerprint density at radius 3 is 2.42 bits per heavy atom. The van der Waals surface area contributed by atoms with Crippen LogP contribution in [0.1, 0.15) is 18.5 Å². The lowest BCUT2D eigenvalue weighted by Crippen LogP contribution is -2.12. The predicted molar refractivity (Wildman–Crippen MR) is 73.1 cm³/mol. The molecule has 0 aliphatic carbocycles. The number of anilines is 1. The van der Waals surface area contributed by atoms with E-state index in [-0.39, 0.29) is 10.9 Å². The van der Waals surface area contributed by atoms with Crippen LogP contribution in [0.5, 0.6) is 0 Å². The molecular weight excluding hydrogens is 264 g/mol. The highest BCUT2D eigenvalue weighted by molar-refractivity contribution is 7.89. The summed E-state index contributed by atoms with van der Waals surface area (Å²) in [6.07, 6.45) is 3.72. The van der Waals surface area contributed by atoms with E-state index >= 15 is 0 Å². The van der Waals surface area contributed by atoms with Crippen molar-refractivity contribution in [3.63, 3.8) is 0 Å². The number of hydrogen-bond donors (Lipinski definition) is 2. The maximum atomic E-state index is 11.1. The first-order valence-corrected chi connectivity index (χ1v) is 7.29. The Balaban J connectivity index is 2.12. The van der Waals surface area contributed by atoms with Crippen molar-refractivity contribution < 1.29 is 8.42 Å². The van der Waals surface area contributed by atoms with E-state index < -0.39 is 10.0 Å². The zero-order valence-corrected chi connectivity index (χ0v) is 11.6. The third kappa shape index (κ3) is 3.33. The Morgan fingerprint density at radius 2 is 1.95 bits per heavy atom. The molecule has 19 heavy (non-hydrogen) atoms. The second-order valence-electron chi connectivity index (χ2n) is 4.38. The van der Waals surface area contributed by atoms with E-state index in [9.17, 15) is 8.42 Å². The molecule has 0 saturated heterocycles. The van der Waals surface area contributed by atoms with Crippen molar-refractivity contribution in [3.8, 4) is 0 Å². The van der Waals surface area contributed by atoms with Crippen LogP contribution in [0, 0.1) is 0 Å². The second kappa shape index (κ2) is 5.02. The number of nitrogens with zero attached hydrogens (tertiary/aromatic N) is 2. The molecular formula is C12H16N4O2S. The number of aromatic nitrogens is 2.